The standard InChI is InChI=1S/C25H29F5O/c1-3-5-17-8-12-19(13-9-17)25(29,30)31-21-15-14-20(23(26)22(21)24(27)28)18-10-6-16(4-2)7-11-18/h6-7,10-11,14-15,17,19,24H,3-5,8-9,12-13H2,1-2H3. The van der Waals surface area contributed by atoms with Crippen LogP contribution in [0.15, 0.2) is 36.4 Å². The lowest BCUT2D eigenvalue weighted by Gasteiger charge is -2.33. The van der Waals surface area contributed by atoms with Crippen LogP contribution in [0.25, 0.3) is 11.1 Å². The van der Waals surface area contributed by atoms with E-state index in [0.29, 0.717) is 24.3 Å². The van der Waals surface area contributed by atoms with Crippen LogP contribution in [0.2, 0.25) is 0 Å². The molecule has 2 aromatic rings. The van der Waals surface area contributed by atoms with E-state index in [4.69, 9.17) is 4.74 Å². The summed E-state index contributed by atoms with van der Waals surface area (Å²) in [6, 6.07) is 9.09. The minimum atomic E-state index is -3.63. The molecule has 0 radical (unpaired) electrons. The lowest BCUT2D eigenvalue weighted by Crippen LogP contribution is -2.37. The Balaban J connectivity index is 1.84. The first-order valence-electron chi connectivity index (χ1n) is 11.0. The monoisotopic (exact) mass is 440 g/mol. The lowest BCUT2D eigenvalue weighted by atomic mass is 9.79. The Morgan fingerprint density at radius 3 is 2.16 bits per heavy atom. The van der Waals surface area contributed by atoms with Gasteiger partial charge in [-0.1, -0.05) is 51.0 Å². The van der Waals surface area contributed by atoms with E-state index < -0.39 is 35.6 Å². The van der Waals surface area contributed by atoms with Crippen molar-refractivity contribution in [2.45, 2.75) is 71.3 Å². The van der Waals surface area contributed by atoms with Crippen LogP contribution < -0.4 is 4.74 Å². The highest BCUT2D eigenvalue weighted by Gasteiger charge is 2.44. The quantitative estimate of drug-likeness (QED) is 0.374. The second-order valence-electron chi connectivity index (χ2n) is 8.36. The fourth-order valence-corrected chi connectivity index (χ4v) is 4.44. The molecule has 31 heavy (non-hydrogen) atoms. The van der Waals surface area contributed by atoms with Gasteiger partial charge in [-0.05, 0) is 61.3 Å². The molecule has 1 nitrogen and oxygen atoms in total. The van der Waals surface area contributed by atoms with E-state index >= 15 is 4.39 Å². The Bertz CT molecular complexity index is 855. The van der Waals surface area contributed by atoms with Crippen LogP contribution >= 0.6 is 0 Å². The summed E-state index contributed by atoms with van der Waals surface area (Å²) in [6.07, 6.45) is -2.24. The summed E-state index contributed by atoms with van der Waals surface area (Å²) in [5, 5.41) is 0. The molecule has 0 atom stereocenters. The molecule has 0 N–H and O–H groups in total. The van der Waals surface area contributed by atoms with E-state index in [0.717, 1.165) is 30.9 Å². The Morgan fingerprint density at radius 1 is 0.968 bits per heavy atom. The van der Waals surface area contributed by atoms with Gasteiger partial charge in [0.25, 0.3) is 6.43 Å². The van der Waals surface area contributed by atoms with Gasteiger partial charge in [0.1, 0.15) is 11.6 Å². The van der Waals surface area contributed by atoms with Crippen molar-refractivity contribution in [1.29, 1.82) is 0 Å². The van der Waals surface area contributed by atoms with Gasteiger partial charge in [0.2, 0.25) is 0 Å². The highest BCUT2D eigenvalue weighted by Crippen LogP contribution is 2.44. The molecule has 0 unspecified atom stereocenters. The number of halogens is 5. The van der Waals surface area contributed by atoms with Crippen molar-refractivity contribution in [2.24, 2.45) is 11.8 Å². The van der Waals surface area contributed by atoms with Crippen LogP contribution in [-0.4, -0.2) is 6.11 Å². The van der Waals surface area contributed by atoms with Crippen LogP contribution in [0.5, 0.6) is 5.75 Å². The zero-order valence-corrected chi connectivity index (χ0v) is 17.9. The Morgan fingerprint density at radius 2 is 1.61 bits per heavy atom. The van der Waals surface area contributed by atoms with Crippen molar-refractivity contribution < 1.29 is 26.7 Å². The van der Waals surface area contributed by atoms with Gasteiger partial charge in [0, 0.05) is 5.56 Å². The third-order valence-corrected chi connectivity index (χ3v) is 6.30. The van der Waals surface area contributed by atoms with E-state index in [9.17, 15) is 17.6 Å². The van der Waals surface area contributed by atoms with Crippen molar-refractivity contribution in [3.63, 3.8) is 0 Å². The van der Waals surface area contributed by atoms with Gasteiger partial charge in [0.05, 0.1) is 11.5 Å². The van der Waals surface area contributed by atoms with E-state index in [2.05, 4.69) is 6.92 Å². The molecule has 1 aliphatic carbocycles. The van der Waals surface area contributed by atoms with Crippen molar-refractivity contribution in [3.8, 4) is 16.9 Å². The highest BCUT2D eigenvalue weighted by atomic mass is 19.3. The van der Waals surface area contributed by atoms with Gasteiger partial charge in [-0.25, -0.2) is 13.2 Å². The summed E-state index contributed by atoms with van der Waals surface area (Å²) in [4.78, 5) is 0. The third kappa shape index (κ3) is 5.39. The largest absolute Gasteiger partial charge is 0.432 e. The lowest BCUT2D eigenvalue weighted by molar-refractivity contribution is -0.224. The number of hydrogen-bond donors (Lipinski definition) is 0. The molecule has 0 heterocycles. The molecule has 1 saturated carbocycles. The maximum absolute atomic E-state index is 15.0. The summed E-state index contributed by atoms with van der Waals surface area (Å²) in [5.41, 5.74) is 0.251. The molecular weight excluding hydrogens is 411 g/mol. The van der Waals surface area contributed by atoms with Crippen molar-refractivity contribution in [3.05, 3.63) is 53.3 Å². The first kappa shape index (κ1) is 23.6. The van der Waals surface area contributed by atoms with Gasteiger partial charge < -0.3 is 4.74 Å². The van der Waals surface area contributed by atoms with E-state index in [1.165, 1.54) is 6.07 Å². The fourth-order valence-electron chi connectivity index (χ4n) is 4.44. The van der Waals surface area contributed by atoms with Crippen molar-refractivity contribution in [1.82, 2.24) is 0 Å². The van der Waals surface area contributed by atoms with Gasteiger partial charge in [0.15, 0.2) is 0 Å². The van der Waals surface area contributed by atoms with Gasteiger partial charge in [-0.15, -0.1) is 0 Å². The maximum atomic E-state index is 15.0. The zero-order chi connectivity index (χ0) is 22.6. The van der Waals surface area contributed by atoms with Crippen LogP contribution in [0.3, 0.4) is 0 Å². The minimum Gasteiger partial charge on any atom is -0.432 e. The summed E-state index contributed by atoms with van der Waals surface area (Å²) in [6.45, 7) is 4.03. The van der Waals surface area contributed by atoms with Gasteiger partial charge in [-0.2, -0.15) is 8.78 Å². The van der Waals surface area contributed by atoms with Crippen LogP contribution in [0.1, 0.15) is 69.9 Å². The van der Waals surface area contributed by atoms with Crippen molar-refractivity contribution >= 4 is 0 Å². The number of alkyl halides is 4. The van der Waals surface area contributed by atoms with Gasteiger partial charge in [-0.3, -0.25) is 0 Å². The molecule has 2 aromatic carbocycles. The summed E-state index contributed by atoms with van der Waals surface area (Å²) in [7, 11) is 0. The van der Waals surface area contributed by atoms with Crippen LogP contribution in [0.4, 0.5) is 22.0 Å². The first-order chi connectivity index (χ1) is 14.8. The number of rotatable bonds is 8. The van der Waals surface area contributed by atoms with Crippen molar-refractivity contribution in [2.75, 3.05) is 0 Å². The average molecular weight is 440 g/mol. The number of benzene rings is 2. The number of hydrogen-bond acceptors (Lipinski definition) is 1. The van der Waals surface area contributed by atoms with Crippen LogP contribution in [0, 0.1) is 17.7 Å². The second-order valence-corrected chi connectivity index (χ2v) is 8.36. The Labute approximate surface area is 180 Å². The molecule has 0 aromatic heterocycles. The van der Waals surface area contributed by atoms with Gasteiger partial charge >= 0.3 is 6.11 Å². The van der Waals surface area contributed by atoms with Crippen LogP contribution in [-0.2, 0) is 6.42 Å². The van der Waals surface area contributed by atoms with E-state index in [-0.39, 0.29) is 18.4 Å². The number of aryl methyl sites for hydroxylation is 1. The smallest absolute Gasteiger partial charge is 0.400 e. The van der Waals surface area contributed by atoms with E-state index in [1.807, 2.05) is 6.92 Å². The van der Waals surface area contributed by atoms with E-state index in [1.54, 1.807) is 24.3 Å². The molecule has 1 aliphatic rings. The third-order valence-electron chi connectivity index (χ3n) is 6.30. The molecule has 0 bridgehead atoms. The first-order valence-corrected chi connectivity index (χ1v) is 11.0. The molecule has 0 aliphatic heterocycles. The zero-order valence-electron chi connectivity index (χ0n) is 17.9. The second kappa shape index (κ2) is 10.0. The summed E-state index contributed by atoms with van der Waals surface area (Å²) in [5.74, 6) is -2.65. The maximum Gasteiger partial charge on any atom is 0.400 e. The average Bonchev–Trinajstić information content (AvgIpc) is 2.74. The highest BCUT2D eigenvalue weighted by molar-refractivity contribution is 5.67. The molecule has 0 spiro atoms. The molecule has 0 saturated heterocycles. The fraction of sp³-hybridized carbons (Fsp3) is 0.520. The molecule has 170 valence electrons. The minimum absolute atomic E-state index is 0.0614. The Hall–Kier alpha value is -2.11. The number of ether oxygens (including phenoxy) is 1. The summed E-state index contributed by atoms with van der Waals surface area (Å²) >= 11 is 0. The molecule has 0 amide bonds. The molecular formula is C25H29F5O. The normalized spacial score (nSPS) is 19.6. The molecule has 6 heteroatoms. The predicted molar refractivity (Wildman–Crippen MR) is 112 cm³/mol. The Kier molecular flexibility index (Phi) is 7.60. The predicted octanol–water partition coefficient (Wildman–Crippen LogP) is 8.57. The molecule has 1 fully saturated rings. The summed E-state index contributed by atoms with van der Waals surface area (Å²) < 4.78 is 76.8. The SMILES string of the molecule is CCCC1CCC(C(F)(F)Oc2ccc(-c3ccc(CC)cc3)c(F)c2C(F)F)CC1. The topological polar surface area (TPSA) is 9.23 Å². The molecule has 3 rings (SSSR count).